The Morgan fingerprint density at radius 3 is 2.97 bits per heavy atom. The number of fused-ring (bicyclic) bond motifs is 1. The molecule has 14 heteroatoms. The summed E-state index contributed by atoms with van der Waals surface area (Å²) >= 11 is 2.50. The predicted molar refractivity (Wildman–Crippen MR) is 122 cm³/mol. The van der Waals surface area contributed by atoms with Gasteiger partial charge in [-0.25, -0.2) is 9.78 Å². The van der Waals surface area contributed by atoms with Gasteiger partial charge in [0.25, 0.3) is 11.8 Å². The molecule has 2 unspecified atom stereocenters. The number of thioether (sulfide) groups is 2. The van der Waals surface area contributed by atoms with E-state index in [-0.39, 0.29) is 11.4 Å². The number of carbonyl (C=O) groups is 3. The van der Waals surface area contributed by atoms with Crippen molar-refractivity contribution in [3.8, 4) is 0 Å². The third-order valence-corrected chi connectivity index (χ3v) is 9.66. The first-order valence-corrected chi connectivity index (χ1v) is 13.8. The monoisotopic (exact) mass is 513 g/mol. The third kappa shape index (κ3) is 4.69. The number of amides is 2. The number of hydrogen-bond donors (Lipinski definition) is 3. The van der Waals surface area contributed by atoms with E-state index in [1.54, 1.807) is 17.5 Å². The number of thiophene rings is 1. The molecule has 2 aromatic heterocycles. The van der Waals surface area contributed by atoms with E-state index in [2.05, 4.69) is 20.5 Å². The summed E-state index contributed by atoms with van der Waals surface area (Å²) in [6, 6.07) is 2.60. The van der Waals surface area contributed by atoms with Crippen LogP contribution in [-0.2, 0) is 32.0 Å². The Hall–Kier alpha value is -2.00. The number of aryl methyl sites for hydroxylation is 1. The summed E-state index contributed by atoms with van der Waals surface area (Å²) in [6.45, 7) is 1.95. The molecule has 0 aliphatic carbocycles. The van der Waals surface area contributed by atoms with Crippen LogP contribution >= 0.6 is 34.9 Å². The topological polar surface area (TPSA) is 151 Å². The zero-order valence-electron chi connectivity index (χ0n) is 16.8. The number of aliphatic carboxylic acids is 1. The maximum absolute atomic E-state index is 12.7. The van der Waals surface area contributed by atoms with Crippen LogP contribution in [0.4, 0.5) is 0 Å². The largest absolute Gasteiger partial charge is 0.610 e. The Morgan fingerprint density at radius 2 is 2.31 bits per heavy atom. The average molecular weight is 514 g/mol. The fourth-order valence-electron chi connectivity index (χ4n) is 3.24. The van der Waals surface area contributed by atoms with E-state index in [9.17, 15) is 24.0 Å². The van der Waals surface area contributed by atoms with Gasteiger partial charge in [0.2, 0.25) is 9.37 Å². The lowest BCUT2D eigenvalue weighted by molar-refractivity contribution is -0.150. The molecule has 170 valence electrons. The van der Waals surface area contributed by atoms with E-state index in [0.29, 0.717) is 32.9 Å². The molecule has 3 atom stereocenters. The molecule has 0 saturated carbocycles. The first kappa shape index (κ1) is 23.2. The predicted octanol–water partition coefficient (Wildman–Crippen LogP) is 1.07. The maximum Gasteiger partial charge on any atom is 0.352 e. The highest BCUT2D eigenvalue weighted by molar-refractivity contribution is 8.01. The second-order valence-electron chi connectivity index (χ2n) is 6.84. The zero-order chi connectivity index (χ0) is 22.8. The summed E-state index contributed by atoms with van der Waals surface area (Å²) in [4.78, 5) is 42.5. The van der Waals surface area contributed by atoms with Gasteiger partial charge in [0.1, 0.15) is 22.9 Å². The van der Waals surface area contributed by atoms with Crippen molar-refractivity contribution in [2.45, 2.75) is 34.1 Å². The molecule has 2 aliphatic heterocycles. The van der Waals surface area contributed by atoms with Crippen LogP contribution in [0.5, 0.6) is 0 Å². The minimum absolute atomic E-state index is 0.0508. The summed E-state index contributed by atoms with van der Waals surface area (Å²) in [5, 5.41) is 21.1. The lowest BCUT2D eigenvalue weighted by Gasteiger charge is -2.49. The molecule has 2 aliphatic rings. The second-order valence-corrected chi connectivity index (χ2v) is 11.5. The molecule has 4 rings (SSSR count). The zero-order valence-corrected chi connectivity index (χ0v) is 20.0. The molecule has 2 amide bonds. The van der Waals surface area contributed by atoms with Crippen molar-refractivity contribution in [3.63, 3.8) is 0 Å². The lowest BCUT2D eigenvalue weighted by atomic mass is 10.0. The fourth-order valence-corrected chi connectivity index (χ4v) is 7.46. The Kier molecular flexibility index (Phi) is 7.14. The van der Waals surface area contributed by atoms with Crippen LogP contribution < -0.4 is 5.32 Å². The van der Waals surface area contributed by atoms with Crippen LogP contribution in [0.15, 0.2) is 38.1 Å². The van der Waals surface area contributed by atoms with Gasteiger partial charge in [0.05, 0.1) is 0 Å². The van der Waals surface area contributed by atoms with E-state index in [1.807, 2.05) is 6.92 Å². The Balaban J connectivity index is 1.40. The van der Waals surface area contributed by atoms with Gasteiger partial charge in [-0.05, 0) is 17.0 Å². The quantitative estimate of drug-likeness (QED) is 0.254. The number of hydrogen-bond acceptors (Lipinski definition) is 9. The Morgan fingerprint density at radius 1 is 1.50 bits per heavy atom. The van der Waals surface area contributed by atoms with Gasteiger partial charge >= 0.3 is 5.97 Å². The molecule has 10 nitrogen and oxygen atoms in total. The van der Waals surface area contributed by atoms with E-state index < -0.39 is 40.4 Å². The number of nitrogens with zero attached hydrogens (tertiary/aromatic N) is 3. The van der Waals surface area contributed by atoms with Crippen molar-refractivity contribution >= 4 is 63.8 Å². The molecule has 32 heavy (non-hydrogen) atoms. The molecule has 1 saturated heterocycles. The number of rotatable bonds is 9. The lowest BCUT2D eigenvalue weighted by Crippen LogP contribution is -2.70. The highest BCUT2D eigenvalue weighted by Crippen LogP contribution is 2.41. The maximum atomic E-state index is 12.7. The summed E-state index contributed by atoms with van der Waals surface area (Å²) in [7, 11) is 0. The highest BCUT2D eigenvalue weighted by Gasteiger charge is 2.54. The summed E-state index contributed by atoms with van der Waals surface area (Å²) in [5.74, 6) is -0.939. The average Bonchev–Trinajstić information content (AvgIpc) is 3.47. The first-order chi connectivity index (χ1) is 15.4. The molecule has 2 aromatic rings. The molecule has 3 N–H and O–H groups in total. The van der Waals surface area contributed by atoms with Crippen molar-refractivity contribution in [1.29, 1.82) is 0 Å². The van der Waals surface area contributed by atoms with Crippen molar-refractivity contribution in [3.05, 3.63) is 34.6 Å². The molecule has 0 aromatic carbocycles. The van der Waals surface area contributed by atoms with Gasteiger partial charge in [-0.3, -0.25) is 19.6 Å². The number of H-pyrrole nitrogens is 1. The van der Waals surface area contributed by atoms with E-state index in [1.165, 1.54) is 39.8 Å². The fraction of sp³-hybridized carbons (Fsp3) is 0.389. The van der Waals surface area contributed by atoms with Crippen LogP contribution in [-0.4, -0.2) is 76.2 Å². The van der Waals surface area contributed by atoms with Gasteiger partial charge in [-0.2, -0.15) is 0 Å². The highest BCUT2D eigenvalue weighted by atomic mass is 32.2. The molecular weight excluding hydrogens is 494 g/mol. The summed E-state index contributed by atoms with van der Waals surface area (Å²) in [5.41, 5.74) is 0.550. The number of aromatic nitrogens is 3. The molecule has 4 heterocycles. The van der Waals surface area contributed by atoms with Crippen LogP contribution in [0, 0.1) is 0 Å². The van der Waals surface area contributed by atoms with Gasteiger partial charge in [0, 0.05) is 35.2 Å². The number of β-lactam (4-membered cyclic amide) rings is 1. The summed E-state index contributed by atoms with van der Waals surface area (Å²) < 4.78 is 12.8. The molecule has 1 fully saturated rings. The normalized spacial score (nSPS) is 21.2. The van der Waals surface area contributed by atoms with Crippen LogP contribution in [0.1, 0.15) is 12.7 Å². The number of carboxylic acids is 1. The minimum Gasteiger partial charge on any atom is -0.610 e. The van der Waals surface area contributed by atoms with Crippen LogP contribution in [0.3, 0.4) is 0 Å². The smallest absolute Gasteiger partial charge is 0.352 e. The molecule has 0 spiro atoms. The van der Waals surface area contributed by atoms with E-state index >= 15 is 0 Å². The van der Waals surface area contributed by atoms with Crippen molar-refractivity contribution in [2.75, 3.05) is 17.3 Å². The molecule has 0 radical (unpaired) electrons. The van der Waals surface area contributed by atoms with Crippen molar-refractivity contribution in [1.82, 2.24) is 25.4 Å². The minimum atomic E-state index is -1.48. The standard InChI is InChI=1S/C18H19N5O5S4/c1-2-10-19-18(22-21-10)31-7-9-6-30-16-13(15(25)23(16)14(9)17(26)27)20-11(24)8-32(28)12-4-3-5-29-12/h3-5,13,16H,2,6-8H2,1H3,(H,20,24)(H,26,27)(H,19,21,22)/t13?,16-,32?/m0/s1. The Bertz CT molecular complexity index is 1060. The number of carbonyl (C=O) groups excluding carboxylic acids is 2. The number of nitrogens with one attached hydrogen (secondary N) is 2. The van der Waals surface area contributed by atoms with Gasteiger partial charge < -0.3 is 15.0 Å². The molecular formula is C18H19N5O5S4. The van der Waals surface area contributed by atoms with E-state index in [0.717, 1.165) is 5.82 Å². The van der Waals surface area contributed by atoms with Crippen LogP contribution in [0.2, 0.25) is 0 Å². The van der Waals surface area contributed by atoms with Crippen molar-refractivity contribution in [2.24, 2.45) is 0 Å². The van der Waals surface area contributed by atoms with Gasteiger partial charge in [0.15, 0.2) is 5.75 Å². The third-order valence-electron chi connectivity index (χ3n) is 4.77. The summed E-state index contributed by atoms with van der Waals surface area (Å²) in [6.07, 6.45) is 0.713. The molecule has 0 bridgehead atoms. The SMILES string of the molecule is CCc1nc(SCC2=C(C(=O)O)N3C(=O)C(NC(=O)C[S+]([O-])c4cccs4)[C@@H]3SC2)n[nH]1. The van der Waals surface area contributed by atoms with E-state index in [4.69, 9.17) is 0 Å². The van der Waals surface area contributed by atoms with Crippen LogP contribution in [0.25, 0.3) is 0 Å². The van der Waals surface area contributed by atoms with Crippen molar-refractivity contribution < 1.29 is 24.0 Å². The van der Waals surface area contributed by atoms with Gasteiger partial charge in [-0.1, -0.05) is 30.0 Å². The number of carboxylic acid groups (broad SMARTS) is 1. The Labute approximate surface area is 198 Å². The number of aromatic amines is 1. The first-order valence-electron chi connectivity index (χ1n) is 9.54. The second kappa shape index (κ2) is 9.87. The van der Waals surface area contributed by atoms with Gasteiger partial charge in [-0.15, -0.1) is 16.9 Å².